The SMILES string of the molecule is C=CCc1ccccc1/C=N\c1ccccc1CCCC. The van der Waals surface area contributed by atoms with Crippen molar-refractivity contribution in [2.24, 2.45) is 4.99 Å². The van der Waals surface area contributed by atoms with Crippen molar-refractivity contribution < 1.29 is 0 Å². The Morgan fingerprint density at radius 1 is 1.00 bits per heavy atom. The van der Waals surface area contributed by atoms with Crippen LogP contribution >= 0.6 is 0 Å². The molecular formula is C20H23N. The number of aryl methyl sites for hydroxylation is 1. The Morgan fingerprint density at radius 3 is 2.48 bits per heavy atom. The largest absolute Gasteiger partial charge is 0.256 e. The van der Waals surface area contributed by atoms with Crippen molar-refractivity contribution >= 4 is 11.9 Å². The van der Waals surface area contributed by atoms with Crippen molar-refractivity contribution in [3.05, 3.63) is 77.9 Å². The second-order valence-corrected chi connectivity index (χ2v) is 5.18. The first-order valence-corrected chi connectivity index (χ1v) is 7.66. The van der Waals surface area contributed by atoms with Gasteiger partial charge in [0.25, 0.3) is 0 Å². The number of unbranched alkanes of at least 4 members (excludes halogenated alkanes) is 1. The summed E-state index contributed by atoms with van der Waals surface area (Å²) in [7, 11) is 0. The van der Waals surface area contributed by atoms with Crippen LogP contribution in [0.5, 0.6) is 0 Å². The lowest BCUT2D eigenvalue weighted by molar-refractivity contribution is 0.795. The zero-order valence-electron chi connectivity index (χ0n) is 12.8. The van der Waals surface area contributed by atoms with Crippen LogP contribution in [0, 0.1) is 0 Å². The van der Waals surface area contributed by atoms with Gasteiger partial charge in [0.15, 0.2) is 0 Å². The van der Waals surface area contributed by atoms with Crippen LogP contribution in [0.2, 0.25) is 0 Å². The summed E-state index contributed by atoms with van der Waals surface area (Å²) in [4.78, 5) is 4.71. The standard InChI is InChI=1S/C20H23N/c1-3-5-11-18-13-8-9-15-20(18)21-16-19-14-7-6-12-17(19)10-4-2/h4,6-9,12-16H,2-3,5,10-11H2,1H3/b21-16-. The van der Waals surface area contributed by atoms with Gasteiger partial charge in [-0.15, -0.1) is 6.58 Å². The molecule has 2 aromatic carbocycles. The van der Waals surface area contributed by atoms with Gasteiger partial charge >= 0.3 is 0 Å². The minimum Gasteiger partial charge on any atom is -0.256 e. The van der Waals surface area contributed by atoms with Crippen LogP contribution in [-0.2, 0) is 12.8 Å². The van der Waals surface area contributed by atoms with Gasteiger partial charge in [0, 0.05) is 6.21 Å². The fraction of sp³-hybridized carbons (Fsp3) is 0.250. The lowest BCUT2D eigenvalue weighted by Crippen LogP contribution is -1.91. The third-order valence-corrected chi connectivity index (χ3v) is 3.55. The molecule has 1 nitrogen and oxygen atoms in total. The number of hydrogen-bond donors (Lipinski definition) is 0. The van der Waals surface area contributed by atoms with Crippen LogP contribution in [0.4, 0.5) is 5.69 Å². The first-order valence-electron chi connectivity index (χ1n) is 7.66. The Balaban J connectivity index is 2.23. The molecule has 2 rings (SSSR count). The number of benzene rings is 2. The smallest absolute Gasteiger partial charge is 0.0661 e. The summed E-state index contributed by atoms with van der Waals surface area (Å²) in [6.07, 6.45) is 8.29. The number of hydrogen-bond acceptors (Lipinski definition) is 1. The number of para-hydroxylation sites is 1. The van der Waals surface area contributed by atoms with E-state index in [1.807, 2.05) is 12.3 Å². The molecular weight excluding hydrogens is 254 g/mol. The molecule has 0 saturated carbocycles. The molecule has 0 radical (unpaired) electrons. The Bertz CT molecular complexity index is 611. The average Bonchev–Trinajstić information content (AvgIpc) is 2.53. The van der Waals surface area contributed by atoms with Gasteiger partial charge in [-0.05, 0) is 42.0 Å². The van der Waals surface area contributed by atoms with Crippen molar-refractivity contribution in [1.29, 1.82) is 0 Å². The molecule has 21 heavy (non-hydrogen) atoms. The minimum absolute atomic E-state index is 0.875. The van der Waals surface area contributed by atoms with Crippen molar-refractivity contribution in [1.82, 2.24) is 0 Å². The van der Waals surface area contributed by atoms with E-state index >= 15 is 0 Å². The normalized spacial score (nSPS) is 10.9. The number of allylic oxidation sites excluding steroid dienone is 1. The summed E-state index contributed by atoms with van der Waals surface area (Å²) in [6, 6.07) is 16.8. The summed E-state index contributed by atoms with van der Waals surface area (Å²) >= 11 is 0. The number of aliphatic imine (C=N–C) groups is 1. The van der Waals surface area contributed by atoms with Crippen molar-refractivity contribution in [2.75, 3.05) is 0 Å². The van der Waals surface area contributed by atoms with Crippen LogP contribution in [0.25, 0.3) is 0 Å². The van der Waals surface area contributed by atoms with Gasteiger partial charge in [-0.1, -0.05) is 61.9 Å². The molecule has 0 aromatic heterocycles. The van der Waals surface area contributed by atoms with E-state index in [0.29, 0.717) is 0 Å². The lowest BCUT2D eigenvalue weighted by atomic mass is 10.0. The highest BCUT2D eigenvalue weighted by atomic mass is 14.7. The van der Waals surface area contributed by atoms with Crippen molar-refractivity contribution in [3.63, 3.8) is 0 Å². The molecule has 0 aliphatic rings. The van der Waals surface area contributed by atoms with Crippen LogP contribution in [-0.4, -0.2) is 6.21 Å². The van der Waals surface area contributed by atoms with E-state index in [9.17, 15) is 0 Å². The maximum absolute atomic E-state index is 4.71. The zero-order chi connectivity index (χ0) is 14.9. The maximum Gasteiger partial charge on any atom is 0.0661 e. The first-order chi connectivity index (χ1) is 10.3. The molecule has 0 spiro atoms. The Morgan fingerprint density at radius 2 is 1.71 bits per heavy atom. The fourth-order valence-corrected chi connectivity index (χ4v) is 2.36. The predicted molar refractivity (Wildman–Crippen MR) is 92.7 cm³/mol. The minimum atomic E-state index is 0.875. The quantitative estimate of drug-likeness (QED) is 0.467. The van der Waals surface area contributed by atoms with Crippen LogP contribution < -0.4 is 0 Å². The van der Waals surface area contributed by atoms with Gasteiger partial charge in [-0.25, -0.2) is 0 Å². The highest BCUT2D eigenvalue weighted by Crippen LogP contribution is 2.21. The van der Waals surface area contributed by atoms with Gasteiger partial charge < -0.3 is 0 Å². The van der Waals surface area contributed by atoms with Crippen molar-refractivity contribution in [2.45, 2.75) is 32.6 Å². The third kappa shape index (κ3) is 4.42. The molecule has 0 N–H and O–H groups in total. The number of nitrogens with zero attached hydrogens (tertiary/aromatic N) is 1. The molecule has 0 unspecified atom stereocenters. The van der Waals surface area contributed by atoms with E-state index in [-0.39, 0.29) is 0 Å². The average molecular weight is 277 g/mol. The van der Waals surface area contributed by atoms with E-state index in [4.69, 9.17) is 4.99 Å². The fourth-order valence-electron chi connectivity index (χ4n) is 2.36. The van der Waals surface area contributed by atoms with Gasteiger partial charge in [0.05, 0.1) is 5.69 Å². The molecule has 108 valence electrons. The Kier molecular flexibility index (Phi) is 5.96. The van der Waals surface area contributed by atoms with Gasteiger partial charge in [-0.2, -0.15) is 0 Å². The van der Waals surface area contributed by atoms with E-state index in [2.05, 4.69) is 62.0 Å². The Labute approximate surface area is 128 Å². The molecule has 0 atom stereocenters. The molecule has 0 bridgehead atoms. The molecule has 0 saturated heterocycles. The monoisotopic (exact) mass is 277 g/mol. The highest BCUT2D eigenvalue weighted by Gasteiger charge is 2.00. The third-order valence-electron chi connectivity index (χ3n) is 3.55. The number of rotatable bonds is 7. The van der Waals surface area contributed by atoms with E-state index in [1.165, 1.54) is 29.5 Å². The van der Waals surface area contributed by atoms with E-state index in [1.54, 1.807) is 0 Å². The van der Waals surface area contributed by atoms with Crippen LogP contribution in [0.15, 0.2) is 66.2 Å². The summed E-state index contributed by atoms with van der Waals surface area (Å²) < 4.78 is 0. The summed E-state index contributed by atoms with van der Waals surface area (Å²) in [5.74, 6) is 0. The van der Waals surface area contributed by atoms with E-state index in [0.717, 1.165) is 18.5 Å². The molecule has 0 heterocycles. The second-order valence-electron chi connectivity index (χ2n) is 5.18. The van der Waals surface area contributed by atoms with Gasteiger partial charge in [0.1, 0.15) is 0 Å². The van der Waals surface area contributed by atoms with Crippen LogP contribution in [0.1, 0.15) is 36.5 Å². The maximum atomic E-state index is 4.71. The molecule has 0 aliphatic carbocycles. The molecule has 0 amide bonds. The lowest BCUT2D eigenvalue weighted by Gasteiger charge is -2.05. The molecule has 2 aromatic rings. The predicted octanol–water partition coefficient (Wildman–Crippen LogP) is 5.51. The highest BCUT2D eigenvalue weighted by molar-refractivity contribution is 5.84. The van der Waals surface area contributed by atoms with E-state index < -0.39 is 0 Å². The summed E-state index contributed by atoms with van der Waals surface area (Å²) in [5.41, 5.74) is 4.85. The van der Waals surface area contributed by atoms with Gasteiger partial charge in [-0.3, -0.25) is 4.99 Å². The second kappa shape index (κ2) is 8.21. The summed E-state index contributed by atoms with van der Waals surface area (Å²) in [5, 5.41) is 0. The molecule has 0 fully saturated rings. The van der Waals surface area contributed by atoms with Crippen LogP contribution in [0.3, 0.4) is 0 Å². The summed E-state index contributed by atoms with van der Waals surface area (Å²) in [6.45, 7) is 6.04. The topological polar surface area (TPSA) is 12.4 Å². The molecule has 1 heteroatoms. The van der Waals surface area contributed by atoms with Crippen molar-refractivity contribution in [3.8, 4) is 0 Å². The Hall–Kier alpha value is -2.15. The van der Waals surface area contributed by atoms with Gasteiger partial charge in [0.2, 0.25) is 0 Å². The zero-order valence-corrected chi connectivity index (χ0v) is 12.8. The molecule has 0 aliphatic heterocycles. The first kappa shape index (κ1) is 15.2.